The third-order valence-corrected chi connectivity index (χ3v) is 3.73. The standard InChI is InChI=1S/C11H7Br2NO3/c1-6-5-7(12)9(8-3-2-4-17-8)10(13)11(6)14(15)16/h2-5H,1H3. The number of aryl methyl sites for hydroxylation is 1. The van der Waals surface area contributed by atoms with E-state index in [9.17, 15) is 10.1 Å². The van der Waals surface area contributed by atoms with Crippen molar-refractivity contribution < 1.29 is 9.34 Å². The van der Waals surface area contributed by atoms with Crippen molar-refractivity contribution in [3.8, 4) is 11.3 Å². The molecular formula is C11H7Br2NO3. The molecule has 0 fully saturated rings. The molecule has 0 unspecified atom stereocenters. The van der Waals surface area contributed by atoms with Gasteiger partial charge in [-0.05, 0) is 57.0 Å². The molecule has 17 heavy (non-hydrogen) atoms. The van der Waals surface area contributed by atoms with E-state index in [0.29, 0.717) is 21.4 Å². The molecule has 88 valence electrons. The van der Waals surface area contributed by atoms with Crippen molar-refractivity contribution in [2.75, 3.05) is 0 Å². The van der Waals surface area contributed by atoms with Crippen molar-refractivity contribution in [2.45, 2.75) is 6.92 Å². The van der Waals surface area contributed by atoms with Crippen LogP contribution < -0.4 is 0 Å². The summed E-state index contributed by atoms with van der Waals surface area (Å²) in [7, 11) is 0. The Labute approximate surface area is 114 Å². The molecule has 0 aliphatic heterocycles. The Morgan fingerprint density at radius 1 is 1.41 bits per heavy atom. The average molecular weight is 361 g/mol. The normalized spacial score (nSPS) is 10.5. The summed E-state index contributed by atoms with van der Waals surface area (Å²) in [6.45, 7) is 1.69. The molecule has 0 saturated carbocycles. The molecular weight excluding hydrogens is 354 g/mol. The van der Waals surface area contributed by atoms with Crippen LogP contribution in [0.4, 0.5) is 5.69 Å². The van der Waals surface area contributed by atoms with Crippen molar-refractivity contribution in [3.05, 3.63) is 49.1 Å². The molecule has 4 nitrogen and oxygen atoms in total. The first kappa shape index (κ1) is 12.3. The van der Waals surface area contributed by atoms with Crippen LogP contribution in [0, 0.1) is 17.0 Å². The van der Waals surface area contributed by atoms with Crippen LogP contribution in [-0.2, 0) is 0 Å². The van der Waals surface area contributed by atoms with Gasteiger partial charge in [0.15, 0.2) is 0 Å². The number of nitrogens with zero attached hydrogens (tertiary/aromatic N) is 1. The van der Waals surface area contributed by atoms with E-state index in [1.165, 1.54) is 6.26 Å². The summed E-state index contributed by atoms with van der Waals surface area (Å²) >= 11 is 6.66. The number of benzene rings is 1. The molecule has 2 aromatic rings. The van der Waals surface area contributed by atoms with E-state index in [2.05, 4.69) is 31.9 Å². The van der Waals surface area contributed by atoms with Gasteiger partial charge in [-0.1, -0.05) is 0 Å². The highest BCUT2D eigenvalue weighted by molar-refractivity contribution is 9.11. The van der Waals surface area contributed by atoms with E-state index in [0.717, 1.165) is 4.47 Å². The van der Waals surface area contributed by atoms with Gasteiger partial charge in [-0.2, -0.15) is 0 Å². The fourth-order valence-corrected chi connectivity index (χ4v) is 3.47. The van der Waals surface area contributed by atoms with Crippen LogP contribution in [0.25, 0.3) is 11.3 Å². The van der Waals surface area contributed by atoms with Gasteiger partial charge in [-0.25, -0.2) is 0 Å². The largest absolute Gasteiger partial charge is 0.464 e. The molecule has 1 heterocycles. The van der Waals surface area contributed by atoms with E-state index in [4.69, 9.17) is 4.42 Å². The number of hydrogen-bond acceptors (Lipinski definition) is 3. The molecule has 0 radical (unpaired) electrons. The number of furan rings is 1. The van der Waals surface area contributed by atoms with Crippen LogP contribution in [0.3, 0.4) is 0 Å². The quantitative estimate of drug-likeness (QED) is 0.576. The maximum Gasteiger partial charge on any atom is 0.287 e. The summed E-state index contributed by atoms with van der Waals surface area (Å²) in [4.78, 5) is 10.6. The Morgan fingerprint density at radius 3 is 2.65 bits per heavy atom. The minimum Gasteiger partial charge on any atom is -0.464 e. The van der Waals surface area contributed by atoms with E-state index < -0.39 is 4.92 Å². The van der Waals surface area contributed by atoms with Gasteiger partial charge in [0.25, 0.3) is 5.69 Å². The number of nitro benzene ring substituents is 1. The highest BCUT2D eigenvalue weighted by Gasteiger charge is 2.23. The minimum absolute atomic E-state index is 0.0552. The molecule has 6 heteroatoms. The first-order chi connectivity index (χ1) is 8.02. The second-order valence-electron chi connectivity index (χ2n) is 3.45. The van der Waals surface area contributed by atoms with Gasteiger partial charge in [0.2, 0.25) is 0 Å². The topological polar surface area (TPSA) is 56.3 Å². The zero-order valence-corrected chi connectivity index (χ0v) is 11.9. The zero-order chi connectivity index (χ0) is 12.6. The van der Waals surface area contributed by atoms with E-state index in [1.54, 1.807) is 25.1 Å². The second-order valence-corrected chi connectivity index (χ2v) is 5.09. The van der Waals surface area contributed by atoms with Crippen LogP contribution in [0.2, 0.25) is 0 Å². The Morgan fingerprint density at radius 2 is 2.12 bits per heavy atom. The van der Waals surface area contributed by atoms with Crippen molar-refractivity contribution in [3.63, 3.8) is 0 Å². The Kier molecular flexibility index (Phi) is 3.35. The van der Waals surface area contributed by atoms with Gasteiger partial charge in [0.1, 0.15) is 10.2 Å². The second kappa shape index (κ2) is 4.62. The van der Waals surface area contributed by atoms with Gasteiger partial charge in [-0.3, -0.25) is 10.1 Å². The maximum atomic E-state index is 11.0. The average Bonchev–Trinajstić information content (AvgIpc) is 2.69. The first-order valence-electron chi connectivity index (χ1n) is 4.69. The van der Waals surface area contributed by atoms with Crippen molar-refractivity contribution in [1.82, 2.24) is 0 Å². The molecule has 0 atom stereocenters. The summed E-state index contributed by atoms with van der Waals surface area (Å²) in [5.74, 6) is 0.576. The Bertz CT molecular complexity index is 579. The lowest BCUT2D eigenvalue weighted by Crippen LogP contribution is -1.95. The van der Waals surface area contributed by atoms with Gasteiger partial charge in [0.05, 0.1) is 16.7 Å². The van der Waals surface area contributed by atoms with Crippen molar-refractivity contribution >= 4 is 37.5 Å². The zero-order valence-electron chi connectivity index (χ0n) is 8.74. The lowest BCUT2D eigenvalue weighted by Gasteiger charge is -2.07. The van der Waals surface area contributed by atoms with Gasteiger partial charge >= 0.3 is 0 Å². The predicted octanol–water partition coefficient (Wildman–Crippen LogP) is 4.69. The summed E-state index contributed by atoms with van der Waals surface area (Å²) in [6, 6.07) is 5.20. The molecule has 0 amide bonds. The van der Waals surface area contributed by atoms with E-state index in [1.807, 2.05) is 0 Å². The molecule has 0 spiro atoms. The third-order valence-electron chi connectivity index (χ3n) is 2.33. The summed E-state index contributed by atoms with van der Waals surface area (Å²) < 4.78 is 6.45. The highest BCUT2D eigenvalue weighted by Crippen LogP contribution is 2.42. The van der Waals surface area contributed by atoms with E-state index >= 15 is 0 Å². The highest BCUT2D eigenvalue weighted by atomic mass is 79.9. The molecule has 0 aliphatic rings. The van der Waals surface area contributed by atoms with Gasteiger partial charge < -0.3 is 4.42 Å². The lowest BCUT2D eigenvalue weighted by atomic mass is 10.1. The number of hydrogen-bond donors (Lipinski definition) is 0. The van der Waals surface area contributed by atoms with Crippen LogP contribution in [0.5, 0.6) is 0 Å². The fourth-order valence-electron chi connectivity index (χ4n) is 1.60. The van der Waals surface area contributed by atoms with Gasteiger partial charge in [0, 0.05) is 10.0 Å². The molecule has 0 N–H and O–H groups in total. The van der Waals surface area contributed by atoms with Crippen LogP contribution in [0.1, 0.15) is 5.56 Å². The molecule has 2 rings (SSSR count). The SMILES string of the molecule is Cc1cc(Br)c(-c2ccco2)c(Br)c1[N+](=O)[O-]. The fraction of sp³-hybridized carbons (Fsp3) is 0.0909. The van der Waals surface area contributed by atoms with Crippen molar-refractivity contribution in [1.29, 1.82) is 0 Å². The summed E-state index contributed by atoms with van der Waals surface area (Å²) in [5.41, 5.74) is 1.29. The Balaban J connectivity index is 2.77. The number of rotatable bonds is 2. The van der Waals surface area contributed by atoms with Crippen LogP contribution in [0.15, 0.2) is 37.8 Å². The third kappa shape index (κ3) is 2.14. The van der Waals surface area contributed by atoms with Crippen molar-refractivity contribution in [2.24, 2.45) is 0 Å². The smallest absolute Gasteiger partial charge is 0.287 e. The molecule has 0 saturated heterocycles. The molecule has 1 aromatic heterocycles. The molecule has 0 bridgehead atoms. The lowest BCUT2D eigenvalue weighted by molar-refractivity contribution is -0.386. The monoisotopic (exact) mass is 359 g/mol. The first-order valence-corrected chi connectivity index (χ1v) is 6.28. The van der Waals surface area contributed by atoms with E-state index in [-0.39, 0.29) is 5.69 Å². The minimum atomic E-state index is -0.404. The Hall–Kier alpha value is -1.14. The number of nitro groups is 1. The maximum absolute atomic E-state index is 11.0. The van der Waals surface area contributed by atoms with Gasteiger partial charge in [-0.15, -0.1) is 0 Å². The molecule has 0 aliphatic carbocycles. The van der Waals surface area contributed by atoms with Crippen LogP contribution in [-0.4, -0.2) is 4.92 Å². The summed E-state index contributed by atoms with van der Waals surface area (Å²) in [5, 5.41) is 11.0. The summed E-state index contributed by atoms with van der Waals surface area (Å²) in [6.07, 6.45) is 1.53. The molecule has 1 aromatic carbocycles. The van der Waals surface area contributed by atoms with Crippen LogP contribution >= 0.6 is 31.9 Å². The number of halogens is 2. The predicted molar refractivity (Wildman–Crippen MR) is 70.9 cm³/mol.